The van der Waals surface area contributed by atoms with Crippen LogP contribution < -0.4 is 13.8 Å². The molecule has 0 aliphatic carbocycles. The fraction of sp³-hybridized carbons (Fsp3) is 0.364. The van der Waals surface area contributed by atoms with E-state index >= 15 is 0 Å². The Morgan fingerprint density at radius 1 is 1.37 bits per heavy atom. The zero-order valence-corrected chi connectivity index (χ0v) is 11.0. The second kappa shape index (κ2) is 4.96. The molecule has 8 heteroatoms. The van der Waals surface area contributed by atoms with E-state index in [0.717, 1.165) is 10.6 Å². The highest BCUT2D eigenvalue weighted by atomic mass is 32.2. The smallest absolute Gasteiger partial charge is 0.305 e. The number of hydrogen-bond donors (Lipinski definition) is 1. The lowest BCUT2D eigenvalue weighted by Crippen LogP contribution is -2.31. The third kappa shape index (κ3) is 3.08. The minimum absolute atomic E-state index is 0.0901. The van der Waals surface area contributed by atoms with Crippen LogP contribution in [0.25, 0.3) is 0 Å². The maximum atomic E-state index is 11.7. The third-order valence-corrected chi connectivity index (χ3v) is 3.77. The number of sulfonamides is 1. The summed E-state index contributed by atoms with van der Waals surface area (Å²) in [5, 5.41) is 8.66. The van der Waals surface area contributed by atoms with Crippen molar-refractivity contribution in [1.82, 2.24) is 0 Å². The van der Waals surface area contributed by atoms with E-state index in [0.29, 0.717) is 17.2 Å². The molecular weight excluding hydrogens is 274 g/mol. The molecule has 0 aromatic heterocycles. The van der Waals surface area contributed by atoms with E-state index in [2.05, 4.69) is 0 Å². The third-order valence-electron chi connectivity index (χ3n) is 2.57. The first kappa shape index (κ1) is 13.5. The quantitative estimate of drug-likeness (QED) is 0.855. The average molecular weight is 287 g/mol. The van der Waals surface area contributed by atoms with Gasteiger partial charge in [0, 0.05) is 12.6 Å². The summed E-state index contributed by atoms with van der Waals surface area (Å²) < 4.78 is 34.7. The Labute approximate surface area is 110 Å². The van der Waals surface area contributed by atoms with Crippen LogP contribution in [0.1, 0.15) is 6.42 Å². The Kier molecular flexibility index (Phi) is 3.52. The van der Waals surface area contributed by atoms with E-state index < -0.39 is 16.0 Å². The molecule has 0 atom stereocenters. The highest BCUT2D eigenvalue weighted by molar-refractivity contribution is 7.92. The molecule has 0 saturated heterocycles. The van der Waals surface area contributed by atoms with Crippen molar-refractivity contribution in [3.63, 3.8) is 0 Å². The summed E-state index contributed by atoms with van der Waals surface area (Å²) >= 11 is 0. The number of ether oxygens (including phenoxy) is 2. The van der Waals surface area contributed by atoms with Crippen LogP contribution >= 0.6 is 0 Å². The minimum Gasteiger partial charge on any atom is -0.481 e. The molecule has 19 heavy (non-hydrogen) atoms. The normalized spacial score (nSPS) is 13.3. The van der Waals surface area contributed by atoms with Gasteiger partial charge in [-0.15, -0.1) is 0 Å². The lowest BCUT2D eigenvalue weighted by Gasteiger charge is -2.21. The van der Waals surface area contributed by atoms with Crippen LogP contribution in [-0.4, -0.2) is 39.1 Å². The molecule has 104 valence electrons. The number of carboxylic acid groups (broad SMARTS) is 1. The van der Waals surface area contributed by atoms with Crippen LogP contribution in [-0.2, 0) is 14.8 Å². The van der Waals surface area contributed by atoms with E-state index in [1.54, 1.807) is 12.1 Å². The number of hydrogen-bond acceptors (Lipinski definition) is 5. The van der Waals surface area contributed by atoms with Gasteiger partial charge in [-0.1, -0.05) is 0 Å². The first-order valence-electron chi connectivity index (χ1n) is 5.47. The first-order valence-corrected chi connectivity index (χ1v) is 7.32. The number of fused-ring (bicyclic) bond motifs is 1. The molecule has 0 radical (unpaired) electrons. The number of carbonyl (C=O) groups is 1. The molecule has 0 amide bonds. The molecule has 7 nitrogen and oxygen atoms in total. The lowest BCUT2D eigenvalue weighted by molar-refractivity contribution is -0.136. The summed E-state index contributed by atoms with van der Waals surface area (Å²) in [5.41, 5.74) is 0.355. The Balaban J connectivity index is 2.30. The maximum absolute atomic E-state index is 11.7. The minimum atomic E-state index is -3.56. The predicted molar refractivity (Wildman–Crippen MR) is 67.0 cm³/mol. The van der Waals surface area contributed by atoms with Crippen molar-refractivity contribution >= 4 is 21.7 Å². The van der Waals surface area contributed by atoms with Crippen molar-refractivity contribution < 1.29 is 27.8 Å². The lowest BCUT2D eigenvalue weighted by atomic mass is 10.2. The Hall–Kier alpha value is -1.96. The molecule has 1 aromatic carbocycles. The predicted octanol–water partition coefficient (Wildman–Crippen LogP) is 0.656. The van der Waals surface area contributed by atoms with Crippen molar-refractivity contribution in [1.29, 1.82) is 0 Å². The van der Waals surface area contributed by atoms with Crippen LogP contribution in [0.4, 0.5) is 5.69 Å². The second-order valence-electron chi connectivity index (χ2n) is 4.02. The van der Waals surface area contributed by atoms with Crippen molar-refractivity contribution in [2.45, 2.75) is 6.42 Å². The van der Waals surface area contributed by atoms with Crippen molar-refractivity contribution in [3.8, 4) is 11.5 Å². The summed E-state index contributed by atoms with van der Waals surface area (Å²) in [6.45, 7) is -0.0411. The van der Waals surface area contributed by atoms with Gasteiger partial charge in [-0.05, 0) is 12.1 Å². The van der Waals surface area contributed by atoms with E-state index in [1.807, 2.05) is 0 Å². The summed E-state index contributed by atoms with van der Waals surface area (Å²) in [4.78, 5) is 10.6. The van der Waals surface area contributed by atoms with Gasteiger partial charge < -0.3 is 14.6 Å². The van der Waals surface area contributed by atoms with Crippen LogP contribution in [0, 0.1) is 0 Å². The van der Waals surface area contributed by atoms with Crippen molar-refractivity contribution in [3.05, 3.63) is 18.2 Å². The van der Waals surface area contributed by atoms with Gasteiger partial charge in [-0.3, -0.25) is 9.10 Å². The molecule has 0 fully saturated rings. The molecule has 0 saturated carbocycles. The standard InChI is InChI=1S/C11H13NO6S/c1-19(15,16)12(5-4-11(13)14)8-2-3-9-10(6-8)18-7-17-9/h2-3,6H,4-5,7H2,1H3,(H,13,14). The van der Waals surface area contributed by atoms with Gasteiger partial charge in [0.1, 0.15) is 0 Å². The molecule has 1 aromatic rings. The Morgan fingerprint density at radius 3 is 2.68 bits per heavy atom. The monoisotopic (exact) mass is 287 g/mol. The Bertz CT molecular complexity index is 597. The fourth-order valence-corrected chi connectivity index (χ4v) is 2.64. The SMILES string of the molecule is CS(=O)(=O)N(CCC(=O)O)c1ccc2c(c1)OCO2. The highest BCUT2D eigenvalue weighted by Gasteiger charge is 2.21. The number of nitrogens with zero attached hydrogens (tertiary/aromatic N) is 1. The number of rotatable bonds is 5. The molecule has 2 rings (SSSR count). The van der Waals surface area contributed by atoms with Crippen LogP contribution in [0.15, 0.2) is 18.2 Å². The van der Waals surface area contributed by atoms with E-state index in [1.165, 1.54) is 6.07 Å². The summed E-state index contributed by atoms with van der Waals surface area (Å²) in [6.07, 6.45) is 0.751. The number of aliphatic carboxylic acids is 1. The number of benzene rings is 1. The maximum Gasteiger partial charge on any atom is 0.305 e. The number of anilines is 1. The van der Waals surface area contributed by atoms with E-state index in [-0.39, 0.29) is 19.8 Å². The summed E-state index contributed by atoms with van der Waals surface area (Å²) in [7, 11) is -3.56. The summed E-state index contributed by atoms with van der Waals surface area (Å²) in [5.74, 6) is -0.0775. The average Bonchev–Trinajstić information content (AvgIpc) is 2.74. The van der Waals surface area contributed by atoms with Crippen LogP contribution in [0.2, 0.25) is 0 Å². The topological polar surface area (TPSA) is 93.1 Å². The van der Waals surface area contributed by atoms with Gasteiger partial charge in [0.25, 0.3) is 0 Å². The molecule has 1 heterocycles. The van der Waals surface area contributed by atoms with Crippen molar-refractivity contribution in [2.24, 2.45) is 0 Å². The van der Waals surface area contributed by atoms with Gasteiger partial charge in [-0.2, -0.15) is 0 Å². The highest BCUT2D eigenvalue weighted by Crippen LogP contribution is 2.36. The largest absolute Gasteiger partial charge is 0.481 e. The molecular formula is C11H13NO6S. The molecule has 1 aliphatic heterocycles. The zero-order valence-electron chi connectivity index (χ0n) is 10.2. The first-order chi connectivity index (χ1) is 8.88. The molecule has 0 spiro atoms. The van der Waals surface area contributed by atoms with E-state index in [4.69, 9.17) is 14.6 Å². The zero-order chi connectivity index (χ0) is 14.0. The number of carboxylic acids is 1. The van der Waals surface area contributed by atoms with Gasteiger partial charge in [-0.25, -0.2) is 8.42 Å². The van der Waals surface area contributed by atoms with Gasteiger partial charge in [0.15, 0.2) is 11.5 Å². The second-order valence-corrected chi connectivity index (χ2v) is 5.92. The van der Waals surface area contributed by atoms with Gasteiger partial charge >= 0.3 is 5.97 Å². The van der Waals surface area contributed by atoms with Gasteiger partial charge in [0.2, 0.25) is 16.8 Å². The Morgan fingerprint density at radius 2 is 2.05 bits per heavy atom. The molecule has 1 aliphatic rings. The van der Waals surface area contributed by atoms with Crippen molar-refractivity contribution in [2.75, 3.05) is 23.9 Å². The van der Waals surface area contributed by atoms with Gasteiger partial charge in [0.05, 0.1) is 18.4 Å². The van der Waals surface area contributed by atoms with Crippen LogP contribution in [0.5, 0.6) is 11.5 Å². The van der Waals surface area contributed by atoms with E-state index in [9.17, 15) is 13.2 Å². The fourth-order valence-electron chi connectivity index (χ4n) is 1.72. The molecule has 0 unspecified atom stereocenters. The van der Waals surface area contributed by atoms with Crippen LogP contribution in [0.3, 0.4) is 0 Å². The molecule has 0 bridgehead atoms. The summed E-state index contributed by atoms with van der Waals surface area (Å²) in [6, 6.07) is 4.66. The molecule has 1 N–H and O–H groups in total.